The average Bonchev–Trinajstić information content (AvgIpc) is 2.88. The van der Waals surface area contributed by atoms with Crippen molar-refractivity contribution in [1.82, 2.24) is 15.5 Å². The van der Waals surface area contributed by atoms with Crippen LogP contribution in [0.5, 0.6) is 0 Å². The van der Waals surface area contributed by atoms with Crippen LogP contribution in [0.15, 0.2) is 0 Å². The Morgan fingerprint density at radius 3 is 2.94 bits per heavy atom. The van der Waals surface area contributed by atoms with Gasteiger partial charge in [-0.25, -0.2) is 0 Å². The first-order valence-corrected chi connectivity index (χ1v) is 6.91. The molecule has 0 saturated carbocycles. The molecule has 18 heavy (non-hydrogen) atoms. The molecule has 5 nitrogen and oxygen atoms in total. The van der Waals surface area contributed by atoms with Crippen molar-refractivity contribution in [1.29, 1.82) is 0 Å². The largest absolute Gasteiger partial charge is 0.383 e. The molecule has 0 spiro atoms. The molecule has 1 unspecified atom stereocenters. The third-order valence-electron chi connectivity index (χ3n) is 3.41. The van der Waals surface area contributed by atoms with Crippen LogP contribution in [-0.4, -0.2) is 63.8 Å². The monoisotopic (exact) mass is 257 g/mol. The topological polar surface area (TPSA) is 53.6 Å². The summed E-state index contributed by atoms with van der Waals surface area (Å²) in [7, 11) is 3.42. The first-order chi connectivity index (χ1) is 8.76. The van der Waals surface area contributed by atoms with E-state index >= 15 is 0 Å². The maximum atomic E-state index is 11.2. The summed E-state index contributed by atoms with van der Waals surface area (Å²) in [5.74, 6) is 0.126. The van der Waals surface area contributed by atoms with Crippen molar-refractivity contribution in [3.8, 4) is 0 Å². The highest BCUT2D eigenvalue weighted by Gasteiger charge is 2.17. The summed E-state index contributed by atoms with van der Waals surface area (Å²) in [6.45, 7) is 4.88. The summed E-state index contributed by atoms with van der Waals surface area (Å²) in [5, 5.41) is 6.17. The van der Waals surface area contributed by atoms with Gasteiger partial charge in [0.25, 0.3) is 0 Å². The molecule has 1 fully saturated rings. The van der Waals surface area contributed by atoms with Crippen LogP contribution >= 0.6 is 0 Å². The number of hydrogen-bond acceptors (Lipinski definition) is 4. The molecule has 0 aliphatic carbocycles. The predicted octanol–water partition coefficient (Wildman–Crippen LogP) is 0.213. The van der Waals surface area contributed by atoms with E-state index in [1.807, 2.05) is 0 Å². The van der Waals surface area contributed by atoms with Crippen LogP contribution in [0, 0.1) is 0 Å². The van der Waals surface area contributed by atoms with Gasteiger partial charge in [-0.05, 0) is 32.4 Å². The summed E-state index contributed by atoms with van der Waals surface area (Å²) in [5.41, 5.74) is 0. The van der Waals surface area contributed by atoms with E-state index in [9.17, 15) is 4.79 Å². The second-order valence-electron chi connectivity index (χ2n) is 4.86. The number of hydrogen-bond donors (Lipinski definition) is 2. The van der Waals surface area contributed by atoms with Crippen molar-refractivity contribution in [2.24, 2.45) is 0 Å². The van der Waals surface area contributed by atoms with E-state index in [1.54, 1.807) is 14.2 Å². The normalized spacial score (nSPS) is 19.4. The van der Waals surface area contributed by atoms with E-state index in [1.165, 1.54) is 12.8 Å². The lowest BCUT2D eigenvalue weighted by Gasteiger charge is -2.25. The van der Waals surface area contributed by atoms with E-state index < -0.39 is 0 Å². The highest BCUT2D eigenvalue weighted by Crippen LogP contribution is 2.07. The smallest absolute Gasteiger partial charge is 0.219 e. The third kappa shape index (κ3) is 6.33. The number of amides is 1. The molecule has 0 aromatic heterocycles. The quantitative estimate of drug-likeness (QED) is 0.620. The molecule has 1 atom stereocenters. The molecule has 0 aromatic rings. The zero-order valence-corrected chi connectivity index (χ0v) is 11.7. The first kappa shape index (κ1) is 15.4. The SMILES string of the molecule is CNC(=O)CCCN(CCOC)CC1CCCN1. The Bertz CT molecular complexity index is 230. The van der Waals surface area contributed by atoms with Gasteiger partial charge in [0.15, 0.2) is 0 Å². The van der Waals surface area contributed by atoms with Gasteiger partial charge in [0.05, 0.1) is 6.61 Å². The van der Waals surface area contributed by atoms with Crippen LogP contribution in [0.4, 0.5) is 0 Å². The fraction of sp³-hybridized carbons (Fsp3) is 0.923. The maximum Gasteiger partial charge on any atom is 0.219 e. The van der Waals surface area contributed by atoms with Gasteiger partial charge >= 0.3 is 0 Å². The number of carbonyl (C=O) groups excluding carboxylic acids is 1. The number of rotatable bonds is 9. The molecule has 1 heterocycles. The van der Waals surface area contributed by atoms with Gasteiger partial charge in [-0.2, -0.15) is 0 Å². The van der Waals surface area contributed by atoms with E-state index in [4.69, 9.17) is 4.74 Å². The van der Waals surface area contributed by atoms with E-state index in [0.29, 0.717) is 12.5 Å². The van der Waals surface area contributed by atoms with Gasteiger partial charge in [-0.3, -0.25) is 9.69 Å². The molecule has 1 amide bonds. The molecule has 0 aromatic carbocycles. The molecule has 0 bridgehead atoms. The molecular weight excluding hydrogens is 230 g/mol. The molecule has 1 aliphatic heterocycles. The van der Waals surface area contributed by atoms with Crippen LogP contribution in [0.3, 0.4) is 0 Å². The summed E-state index contributed by atoms with van der Waals surface area (Å²) in [6.07, 6.45) is 4.06. The maximum absolute atomic E-state index is 11.2. The Hall–Kier alpha value is -0.650. The highest BCUT2D eigenvalue weighted by atomic mass is 16.5. The van der Waals surface area contributed by atoms with Gasteiger partial charge in [0.2, 0.25) is 5.91 Å². The van der Waals surface area contributed by atoms with Crippen molar-refractivity contribution in [3.63, 3.8) is 0 Å². The highest BCUT2D eigenvalue weighted by molar-refractivity contribution is 5.75. The Balaban J connectivity index is 2.22. The number of ether oxygens (including phenoxy) is 1. The van der Waals surface area contributed by atoms with Gasteiger partial charge in [0.1, 0.15) is 0 Å². The molecule has 106 valence electrons. The third-order valence-corrected chi connectivity index (χ3v) is 3.41. The van der Waals surface area contributed by atoms with Gasteiger partial charge in [0, 0.05) is 39.7 Å². The van der Waals surface area contributed by atoms with Crippen molar-refractivity contribution in [3.05, 3.63) is 0 Å². The van der Waals surface area contributed by atoms with Crippen LogP contribution in [-0.2, 0) is 9.53 Å². The minimum atomic E-state index is 0.126. The Morgan fingerprint density at radius 1 is 1.50 bits per heavy atom. The second-order valence-corrected chi connectivity index (χ2v) is 4.86. The Kier molecular flexibility index (Phi) is 7.96. The zero-order valence-electron chi connectivity index (χ0n) is 11.7. The molecule has 1 saturated heterocycles. The van der Waals surface area contributed by atoms with Crippen molar-refractivity contribution >= 4 is 5.91 Å². The minimum absolute atomic E-state index is 0.126. The molecule has 1 aliphatic rings. The van der Waals surface area contributed by atoms with Crippen LogP contribution in [0.2, 0.25) is 0 Å². The zero-order chi connectivity index (χ0) is 13.2. The summed E-state index contributed by atoms with van der Waals surface area (Å²) >= 11 is 0. The first-order valence-electron chi connectivity index (χ1n) is 6.91. The fourth-order valence-corrected chi connectivity index (χ4v) is 2.33. The van der Waals surface area contributed by atoms with Crippen molar-refractivity contribution < 1.29 is 9.53 Å². The Morgan fingerprint density at radius 2 is 2.33 bits per heavy atom. The number of nitrogens with zero attached hydrogens (tertiary/aromatic N) is 1. The van der Waals surface area contributed by atoms with Crippen LogP contribution in [0.25, 0.3) is 0 Å². The number of nitrogens with one attached hydrogen (secondary N) is 2. The predicted molar refractivity (Wildman–Crippen MR) is 72.6 cm³/mol. The van der Waals surface area contributed by atoms with Gasteiger partial charge in [-0.15, -0.1) is 0 Å². The minimum Gasteiger partial charge on any atom is -0.383 e. The van der Waals surface area contributed by atoms with Crippen LogP contribution < -0.4 is 10.6 Å². The molecule has 1 rings (SSSR count). The van der Waals surface area contributed by atoms with E-state index in [-0.39, 0.29) is 5.91 Å². The molecular formula is C13H27N3O2. The van der Waals surface area contributed by atoms with Crippen molar-refractivity contribution in [2.45, 2.75) is 31.7 Å². The lowest BCUT2D eigenvalue weighted by molar-refractivity contribution is -0.120. The lowest BCUT2D eigenvalue weighted by atomic mass is 10.2. The summed E-state index contributed by atoms with van der Waals surface area (Å²) in [4.78, 5) is 13.6. The standard InChI is InChI=1S/C13H27N3O2/c1-14-13(17)6-4-8-16(9-10-18-2)11-12-5-3-7-15-12/h12,15H,3-11H2,1-2H3,(H,14,17). The van der Waals surface area contributed by atoms with Gasteiger partial charge in [-0.1, -0.05) is 0 Å². The average molecular weight is 257 g/mol. The van der Waals surface area contributed by atoms with E-state index in [2.05, 4.69) is 15.5 Å². The lowest BCUT2D eigenvalue weighted by Crippen LogP contribution is -2.39. The second kappa shape index (κ2) is 9.30. The molecule has 0 radical (unpaired) electrons. The van der Waals surface area contributed by atoms with Gasteiger partial charge < -0.3 is 15.4 Å². The Labute approximate surface area is 110 Å². The molecule has 5 heteroatoms. The molecule has 2 N–H and O–H groups in total. The van der Waals surface area contributed by atoms with E-state index in [0.717, 1.165) is 39.2 Å². The number of carbonyl (C=O) groups is 1. The fourth-order valence-electron chi connectivity index (χ4n) is 2.33. The number of methoxy groups -OCH3 is 1. The summed E-state index contributed by atoms with van der Waals surface area (Å²) < 4.78 is 5.14. The van der Waals surface area contributed by atoms with Crippen molar-refractivity contribution in [2.75, 3.05) is 46.9 Å². The summed E-state index contributed by atoms with van der Waals surface area (Å²) in [6, 6.07) is 0.613. The van der Waals surface area contributed by atoms with Crippen LogP contribution in [0.1, 0.15) is 25.7 Å².